The molecule has 2 aromatic carbocycles. The topological polar surface area (TPSA) is 176 Å². The monoisotopic (exact) mass is 947 g/mol. The Morgan fingerprint density at radius 2 is 1.04 bits per heavy atom. The predicted octanol–water partition coefficient (Wildman–Crippen LogP) is 9.67. The highest BCUT2D eigenvalue weighted by Gasteiger charge is 2.39. The van der Waals surface area contributed by atoms with E-state index in [0.29, 0.717) is 36.7 Å². The van der Waals surface area contributed by atoms with Crippen LogP contribution in [0.25, 0.3) is 11.1 Å². The second-order valence-corrected chi connectivity index (χ2v) is 18.5. The molecule has 0 heterocycles. The Bertz CT molecular complexity index is 1950. The number of hydrogen-bond acceptors (Lipinski definition) is 14. The van der Waals surface area contributed by atoms with Gasteiger partial charge < -0.3 is 37.9 Å². The van der Waals surface area contributed by atoms with E-state index in [4.69, 9.17) is 37.9 Å². The summed E-state index contributed by atoms with van der Waals surface area (Å²) in [5.41, 5.74) is 1.12. The number of carbonyl (C=O) groups is 6. The molecule has 0 bridgehead atoms. The van der Waals surface area contributed by atoms with Gasteiger partial charge in [0.1, 0.15) is 43.3 Å². The zero-order valence-electron chi connectivity index (χ0n) is 41.0. The molecule has 2 aliphatic rings. The Morgan fingerprint density at radius 3 is 1.57 bits per heavy atom. The van der Waals surface area contributed by atoms with Crippen LogP contribution in [-0.2, 0) is 63.6 Å². The summed E-state index contributed by atoms with van der Waals surface area (Å²) in [7, 11) is 0. The third-order valence-electron chi connectivity index (χ3n) is 12.9. The maximum atomic E-state index is 12.6. The van der Waals surface area contributed by atoms with Crippen LogP contribution < -0.4 is 9.47 Å². The highest BCUT2D eigenvalue weighted by Crippen LogP contribution is 2.42. The highest BCUT2D eigenvalue weighted by molar-refractivity contribution is 6.30. The smallest absolute Gasteiger partial charge is 0.417 e. The zero-order chi connectivity index (χ0) is 49.5. The number of aryl methyl sites for hydroxylation is 1. The average molecular weight is 947 g/mol. The molecule has 0 aromatic heterocycles. The molecule has 2 aromatic rings. The fourth-order valence-corrected chi connectivity index (χ4v) is 8.82. The lowest BCUT2D eigenvalue weighted by Gasteiger charge is -2.38. The Kier molecular flexibility index (Phi) is 23.1. The fourth-order valence-electron chi connectivity index (χ4n) is 8.82. The van der Waals surface area contributed by atoms with Crippen molar-refractivity contribution in [2.75, 3.05) is 52.9 Å². The molecule has 0 spiro atoms. The van der Waals surface area contributed by atoms with Gasteiger partial charge in [-0.1, -0.05) is 76.8 Å². The SMILES string of the molecule is C=C(C)C(=O)OCCCc1cc(-c2ccc(OCC3CCC(C4CCC(CCCCC)CC4)CC3)cc2)ccc1OCC(COC(=O)C(=C)C)(COC(=O)C(=O)OCC)COC(=O)C(=O)OCC. The maximum Gasteiger partial charge on any atom is 0.417 e. The van der Waals surface area contributed by atoms with Gasteiger partial charge in [-0.15, -0.1) is 0 Å². The Balaban J connectivity index is 1.49. The van der Waals surface area contributed by atoms with Gasteiger partial charge in [0.25, 0.3) is 0 Å². The van der Waals surface area contributed by atoms with Crippen LogP contribution in [0.5, 0.6) is 11.5 Å². The van der Waals surface area contributed by atoms with Gasteiger partial charge >= 0.3 is 35.8 Å². The van der Waals surface area contributed by atoms with Crippen molar-refractivity contribution in [2.45, 2.75) is 125 Å². The molecule has 2 saturated carbocycles. The molecular formula is C54H74O14. The number of hydrogen-bond donors (Lipinski definition) is 0. The summed E-state index contributed by atoms with van der Waals surface area (Å²) in [4.78, 5) is 74.5. The second kappa shape index (κ2) is 28.6. The Labute approximate surface area is 402 Å². The van der Waals surface area contributed by atoms with Gasteiger partial charge in [-0.25, -0.2) is 28.8 Å². The van der Waals surface area contributed by atoms with E-state index in [1.54, 1.807) is 13.0 Å². The van der Waals surface area contributed by atoms with Crippen LogP contribution in [0.3, 0.4) is 0 Å². The molecule has 0 N–H and O–H groups in total. The van der Waals surface area contributed by atoms with Gasteiger partial charge in [0, 0.05) is 11.1 Å². The highest BCUT2D eigenvalue weighted by atomic mass is 16.6. The third-order valence-corrected chi connectivity index (χ3v) is 12.9. The molecule has 14 heteroatoms. The minimum absolute atomic E-state index is 0.0504. The first kappa shape index (κ1) is 54.9. The molecule has 0 amide bonds. The standard InChI is InChI=1S/C54H74O14/c1-8-11-12-14-39-16-20-41(21-17-39)42-22-18-40(19-23-42)32-64-46-27-24-43(25-28-46)44-26-29-47(45(31-44)15-13-30-63-48(55)37(4)5)65-33-54(34-66-49(56)38(6)7,35-67-52(59)50(57)61-9-2)36-68-53(60)51(58)62-10-3/h24-29,31,39-42H,4,6,8-23,30,32-36H2,1-3,5,7H3. The second-order valence-electron chi connectivity index (χ2n) is 18.5. The van der Waals surface area contributed by atoms with Crippen molar-refractivity contribution in [1.29, 1.82) is 0 Å². The van der Waals surface area contributed by atoms with Crippen molar-refractivity contribution < 1.29 is 66.7 Å². The molecule has 68 heavy (non-hydrogen) atoms. The summed E-state index contributed by atoms with van der Waals surface area (Å²) in [6.45, 7) is 13.8. The molecule has 0 aliphatic heterocycles. The molecule has 0 saturated heterocycles. The third kappa shape index (κ3) is 18.1. The van der Waals surface area contributed by atoms with Gasteiger partial charge in [0.15, 0.2) is 0 Å². The van der Waals surface area contributed by atoms with Gasteiger partial charge in [-0.2, -0.15) is 0 Å². The molecule has 2 aliphatic carbocycles. The molecule has 0 unspecified atom stereocenters. The van der Waals surface area contributed by atoms with Crippen LogP contribution in [0.4, 0.5) is 0 Å². The minimum Gasteiger partial charge on any atom is -0.493 e. The normalized spacial score (nSPS) is 18.0. The van der Waals surface area contributed by atoms with Crippen LogP contribution in [0, 0.1) is 29.1 Å². The van der Waals surface area contributed by atoms with Gasteiger partial charge in [0.2, 0.25) is 0 Å². The maximum absolute atomic E-state index is 12.6. The molecule has 374 valence electrons. The first-order valence-corrected chi connectivity index (χ1v) is 24.5. The lowest BCUT2D eigenvalue weighted by atomic mass is 9.69. The zero-order valence-corrected chi connectivity index (χ0v) is 41.0. The molecule has 14 nitrogen and oxygen atoms in total. The van der Waals surface area contributed by atoms with Crippen molar-refractivity contribution in [3.05, 3.63) is 72.3 Å². The van der Waals surface area contributed by atoms with Crippen LogP contribution in [-0.4, -0.2) is 88.7 Å². The van der Waals surface area contributed by atoms with Crippen LogP contribution in [0.2, 0.25) is 0 Å². The Morgan fingerprint density at radius 1 is 0.544 bits per heavy atom. The van der Waals surface area contributed by atoms with E-state index >= 15 is 0 Å². The number of rotatable bonds is 26. The van der Waals surface area contributed by atoms with E-state index < -0.39 is 67.7 Å². The van der Waals surface area contributed by atoms with Gasteiger partial charge in [0.05, 0.1) is 26.4 Å². The van der Waals surface area contributed by atoms with Crippen molar-refractivity contribution in [3.63, 3.8) is 0 Å². The van der Waals surface area contributed by atoms with Crippen molar-refractivity contribution in [2.24, 2.45) is 29.1 Å². The lowest BCUT2D eigenvalue weighted by Crippen LogP contribution is -2.45. The first-order chi connectivity index (χ1) is 32.7. The molecule has 2 fully saturated rings. The number of unbranched alkanes of at least 4 members (excludes halogenated alkanes) is 2. The predicted molar refractivity (Wildman–Crippen MR) is 255 cm³/mol. The number of benzene rings is 2. The van der Waals surface area contributed by atoms with Crippen LogP contribution in [0.15, 0.2) is 66.8 Å². The Hall–Kier alpha value is -5.66. The van der Waals surface area contributed by atoms with Crippen molar-refractivity contribution in [3.8, 4) is 22.6 Å². The van der Waals surface area contributed by atoms with Gasteiger partial charge in [-0.05, 0) is 144 Å². The van der Waals surface area contributed by atoms with E-state index in [1.165, 1.54) is 97.8 Å². The first-order valence-electron chi connectivity index (χ1n) is 24.5. The van der Waals surface area contributed by atoms with Crippen LogP contribution in [0.1, 0.15) is 124 Å². The molecule has 4 rings (SSSR count). The number of ether oxygens (including phenoxy) is 8. The van der Waals surface area contributed by atoms with Gasteiger partial charge in [-0.3, -0.25) is 0 Å². The van der Waals surface area contributed by atoms with Crippen molar-refractivity contribution >= 4 is 35.8 Å². The summed E-state index contributed by atoms with van der Waals surface area (Å²) in [5.74, 6) is -2.18. The van der Waals surface area contributed by atoms with E-state index in [-0.39, 0.29) is 31.0 Å². The summed E-state index contributed by atoms with van der Waals surface area (Å²) in [6, 6.07) is 13.5. The molecule has 0 atom stereocenters. The number of carbonyl (C=O) groups excluding carboxylic acids is 6. The van der Waals surface area contributed by atoms with Crippen LogP contribution >= 0.6 is 0 Å². The number of esters is 6. The fraction of sp³-hybridized carbons (Fsp3) is 0.593. The van der Waals surface area contributed by atoms with E-state index in [9.17, 15) is 28.8 Å². The van der Waals surface area contributed by atoms with E-state index in [1.807, 2.05) is 36.4 Å². The molecular weight excluding hydrogens is 873 g/mol. The minimum atomic E-state index is -1.68. The summed E-state index contributed by atoms with van der Waals surface area (Å²) < 4.78 is 43.7. The van der Waals surface area contributed by atoms with Crippen molar-refractivity contribution in [1.82, 2.24) is 0 Å². The lowest BCUT2D eigenvalue weighted by molar-refractivity contribution is -0.178. The summed E-state index contributed by atoms with van der Waals surface area (Å²) >= 11 is 0. The summed E-state index contributed by atoms with van der Waals surface area (Å²) in [5, 5.41) is 0. The largest absolute Gasteiger partial charge is 0.493 e. The van der Waals surface area contributed by atoms with E-state index in [0.717, 1.165) is 34.6 Å². The van der Waals surface area contributed by atoms with E-state index in [2.05, 4.69) is 20.1 Å². The summed E-state index contributed by atoms with van der Waals surface area (Å²) in [6.07, 6.45) is 16.9. The quantitative estimate of drug-likeness (QED) is 0.0286. The molecule has 0 radical (unpaired) electrons. The average Bonchev–Trinajstić information content (AvgIpc) is 3.34.